The molecule has 7 heteroatoms. The van der Waals surface area contributed by atoms with Crippen LogP contribution in [0.15, 0.2) is 38.8 Å². The first kappa shape index (κ1) is 16.9. The summed E-state index contributed by atoms with van der Waals surface area (Å²) in [4.78, 5) is 12.4. The Balaban J connectivity index is 1.66. The third kappa shape index (κ3) is 4.13. The molecule has 1 aliphatic carbocycles. The number of hydrogen-bond donors (Lipinski definition) is 2. The van der Waals surface area contributed by atoms with Gasteiger partial charge < -0.3 is 9.73 Å². The summed E-state index contributed by atoms with van der Waals surface area (Å²) in [7, 11) is 0. The lowest BCUT2D eigenvalue weighted by Crippen LogP contribution is -2.40. The Kier molecular flexibility index (Phi) is 5.48. The topological polar surface area (TPSA) is 66.6 Å². The van der Waals surface area contributed by atoms with Crippen molar-refractivity contribution in [2.24, 2.45) is 5.10 Å². The predicted molar refractivity (Wildman–Crippen MR) is 101 cm³/mol. The van der Waals surface area contributed by atoms with Crippen LogP contribution in [0.1, 0.15) is 37.7 Å². The van der Waals surface area contributed by atoms with Gasteiger partial charge in [-0.1, -0.05) is 30.9 Å². The summed E-state index contributed by atoms with van der Waals surface area (Å²) in [6.07, 6.45) is 8.77. The number of rotatable bonds is 3. The van der Waals surface area contributed by atoms with E-state index in [0.717, 1.165) is 12.8 Å². The fraction of sp³-hybridized carbons (Fsp3) is 0.353. The number of fused-ring (bicyclic) bond motifs is 1. The Morgan fingerprint density at radius 3 is 2.92 bits per heavy atom. The van der Waals surface area contributed by atoms with Crippen molar-refractivity contribution in [3.05, 3.63) is 45.3 Å². The van der Waals surface area contributed by atoms with E-state index in [1.165, 1.54) is 31.7 Å². The second kappa shape index (κ2) is 7.77. The lowest BCUT2D eigenvalue weighted by molar-refractivity contribution is 0.412. The van der Waals surface area contributed by atoms with Gasteiger partial charge in [0.25, 0.3) is 0 Å². The average Bonchev–Trinajstić information content (AvgIpc) is 2.58. The molecule has 2 N–H and O–H groups in total. The molecule has 0 aliphatic heterocycles. The summed E-state index contributed by atoms with van der Waals surface area (Å²) >= 11 is 11.2. The molecule has 0 bridgehead atoms. The maximum atomic E-state index is 12.4. The molecule has 5 nitrogen and oxygen atoms in total. The van der Waals surface area contributed by atoms with E-state index < -0.39 is 0 Å². The Labute approximate surface area is 150 Å². The van der Waals surface area contributed by atoms with E-state index in [2.05, 4.69) is 15.8 Å². The maximum absolute atomic E-state index is 12.4. The smallest absolute Gasteiger partial charge is 0.201 e. The highest BCUT2D eigenvalue weighted by Crippen LogP contribution is 2.17. The Morgan fingerprint density at radius 1 is 1.33 bits per heavy atom. The van der Waals surface area contributed by atoms with Crippen LogP contribution in [0.3, 0.4) is 0 Å². The van der Waals surface area contributed by atoms with Crippen LogP contribution in [-0.2, 0) is 0 Å². The fourth-order valence-electron chi connectivity index (χ4n) is 2.83. The van der Waals surface area contributed by atoms with Crippen LogP contribution in [0.5, 0.6) is 0 Å². The number of hydrogen-bond acceptors (Lipinski definition) is 4. The molecule has 0 unspecified atom stereocenters. The third-order valence-electron chi connectivity index (χ3n) is 4.07. The zero-order valence-electron chi connectivity index (χ0n) is 13.0. The van der Waals surface area contributed by atoms with Gasteiger partial charge in [0, 0.05) is 11.1 Å². The molecular formula is C17H18ClN3O2S. The van der Waals surface area contributed by atoms with E-state index in [9.17, 15) is 4.79 Å². The molecule has 1 aromatic carbocycles. The van der Waals surface area contributed by atoms with Crippen molar-refractivity contribution < 1.29 is 4.42 Å². The van der Waals surface area contributed by atoms with Crippen molar-refractivity contribution in [3.63, 3.8) is 0 Å². The Morgan fingerprint density at radius 2 is 2.12 bits per heavy atom. The van der Waals surface area contributed by atoms with Crippen molar-refractivity contribution in [3.8, 4) is 0 Å². The zero-order valence-corrected chi connectivity index (χ0v) is 14.6. The number of nitrogens with zero attached hydrogens (tertiary/aromatic N) is 1. The summed E-state index contributed by atoms with van der Waals surface area (Å²) in [6, 6.07) is 5.34. The minimum Gasteiger partial charge on any atom is -0.463 e. The standard InChI is InChI=1S/C17H18ClN3O2S/c18-12-6-7-15-14(8-12)16(22)11(10-23-15)9-19-21-17(24)20-13-4-2-1-3-5-13/h6-10,13H,1-5H2,(H2,20,21,24)/b19-9-. The van der Waals surface area contributed by atoms with Gasteiger partial charge in [-0.2, -0.15) is 5.10 Å². The number of nitrogens with one attached hydrogen (secondary N) is 2. The zero-order chi connectivity index (χ0) is 16.9. The minimum absolute atomic E-state index is 0.185. The van der Waals surface area contributed by atoms with Crippen LogP contribution in [-0.4, -0.2) is 17.4 Å². The molecule has 3 rings (SSSR count). The third-order valence-corrected chi connectivity index (χ3v) is 4.52. The molecule has 1 aromatic heterocycles. The summed E-state index contributed by atoms with van der Waals surface area (Å²) in [6.45, 7) is 0. The van der Waals surface area contributed by atoms with Gasteiger partial charge in [0.05, 0.1) is 17.2 Å². The quantitative estimate of drug-likeness (QED) is 0.495. The summed E-state index contributed by atoms with van der Waals surface area (Å²) in [5.74, 6) is 0. The molecule has 1 saturated carbocycles. The van der Waals surface area contributed by atoms with Crippen molar-refractivity contribution in [2.75, 3.05) is 0 Å². The van der Waals surface area contributed by atoms with Crippen LogP contribution in [0, 0.1) is 0 Å². The fourth-order valence-corrected chi connectivity index (χ4v) is 3.22. The maximum Gasteiger partial charge on any atom is 0.201 e. The van der Waals surface area contributed by atoms with Gasteiger partial charge in [-0.05, 0) is 43.3 Å². The molecule has 0 radical (unpaired) electrons. The van der Waals surface area contributed by atoms with Gasteiger partial charge in [-0.25, -0.2) is 0 Å². The summed E-state index contributed by atoms with van der Waals surface area (Å²) in [5.41, 5.74) is 3.38. The molecule has 2 aromatic rings. The van der Waals surface area contributed by atoms with Gasteiger partial charge in [-0.3, -0.25) is 10.2 Å². The number of thiocarbonyl (C=S) groups is 1. The number of halogens is 1. The van der Waals surface area contributed by atoms with Gasteiger partial charge in [0.2, 0.25) is 5.43 Å². The van der Waals surface area contributed by atoms with E-state index in [0.29, 0.717) is 32.7 Å². The minimum atomic E-state index is -0.185. The first-order valence-corrected chi connectivity index (χ1v) is 8.73. The first-order valence-electron chi connectivity index (χ1n) is 7.94. The Bertz CT molecular complexity index is 828. The normalized spacial score (nSPS) is 15.7. The van der Waals surface area contributed by atoms with Gasteiger partial charge in [0.1, 0.15) is 11.8 Å². The first-order chi connectivity index (χ1) is 11.6. The molecule has 0 saturated heterocycles. The molecule has 0 spiro atoms. The van der Waals surface area contributed by atoms with Crippen molar-refractivity contribution in [2.45, 2.75) is 38.1 Å². The monoisotopic (exact) mass is 363 g/mol. The van der Waals surface area contributed by atoms with Crippen LogP contribution >= 0.6 is 23.8 Å². The van der Waals surface area contributed by atoms with Crippen molar-refractivity contribution in [1.29, 1.82) is 0 Å². The van der Waals surface area contributed by atoms with E-state index in [1.807, 2.05) is 0 Å². The molecule has 1 aliphatic rings. The SMILES string of the molecule is O=c1c(/C=N\NC(=S)NC2CCCCC2)coc2ccc(Cl)cc12. The van der Waals surface area contributed by atoms with Crippen LogP contribution in [0.25, 0.3) is 11.0 Å². The average molecular weight is 364 g/mol. The molecule has 0 amide bonds. The highest BCUT2D eigenvalue weighted by molar-refractivity contribution is 7.80. The Hall–Kier alpha value is -1.92. The summed E-state index contributed by atoms with van der Waals surface area (Å²) in [5, 5.41) is 8.65. The van der Waals surface area contributed by atoms with Crippen LogP contribution < -0.4 is 16.2 Å². The van der Waals surface area contributed by atoms with Crippen molar-refractivity contribution >= 4 is 46.1 Å². The largest absolute Gasteiger partial charge is 0.463 e. The second-order valence-corrected chi connectivity index (χ2v) is 6.68. The highest BCUT2D eigenvalue weighted by Gasteiger charge is 2.13. The van der Waals surface area contributed by atoms with Crippen LogP contribution in [0.2, 0.25) is 5.02 Å². The molecule has 0 atom stereocenters. The van der Waals surface area contributed by atoms with Crippen molar-refractivity contribution in [1.82, 2.24) is 10.7 Å². The van der Waals surface area contributed by atoms with E-state index in [-0.39, 0.29) is 5.43 Å². The predicted octanol–water partition coefficient (Wildman–Crippen LogP) is 3.58. The van der Waals surface area contributed by atoms with Gasteiger partial charge >= 0.3 is 0 Å². The molecule has 126 valence electrons. The number of hydrazone groups is 1. The van der Waals surface area contributed by atoms with E-state index >= 15 is 0 Å². The molecule has 1 fully saturated rings. The molecule has 24 heavy (non-hydrogen) atoms. The summed E-state index contributed by atoms with van der Waals surface area (Å²) < 4.78 is 5.43. The second-order valence-electron chi connectivity index (χ2n) is 5.84. The van der Waals surface area contributed by atoms with Crippen LogP contribution in [0.4, 0.5) is 0 Å². The molecule has 1 heterocycles. The lowest BCUT2D eigenvalue weighted by Gasteiger charge is -2.23. The van der Waals surface area contributed by atoms with Gasteiger partial charge in [-0.15, -0.1) is 0 Å². The number of benzene rings is 1. The highest BCUT2D eigenvalue weighted by atomic mass is 35.5. The van der Waals surface area contributed by atoms with E-state index in [1.54, 1.807) is 18.2 Å². The van der Waals surface area contributed by atoms with E-state index in [4.69, 9.17) is 28.2 Å². The van der Waals surface area contributed by atoms with Gasteiger partial charge in [0.15, 0.2) is 5.11 Å². The molecular weight excluding hydrogens is 346 g/mol. The lowest BCUT2D eigenvalue weighted by atomic mass is 9.96.